The second-order valence-corrected chi connectivity index (χ2v) is 6.13. The molecular weight excluding hydrogens is 320 g/mol. The van der Waals surface area contributed by atoms with Crippen LogP contribution in [0.3, 0.4) is 0 Å². The summed E-state index contributed by atoms with van der Waals surface area (Å²) in [6, 6.07) is 2.17. The molecular formula is C19H32N2O4. The number of ether oxygens (including phenoxy) is 3. The van der Waals surface area contributed by atoms with Crippen molar-refractivity contribution < 1.29 is 19.3 Å². The Morgan fingerprint density at radius 3 is 2.80 bits per heavy atom. The Bertz CT molecular complexity index is 457. The number of unbranched alkanes of at least 4 members (excludes halogenated alkanes) is 1. The third kappa shape index (κ3) is 9.13. The summed E-state index contributed by atoms with van der Waals surface area (Å²) in [5, 5.41) is 19.6. The Balaban J connectivity index is 2.47. The predicted octanol–water partition coefficient (Wildman–Crippen LogP) is 2.87. The highest BCUT2D eigenvalue weighted by Crippen LogP contribution is 2.26. The normalized spacial score (nSPS) is 18.6. The number of nitriles is 1. The van der Waals surface area contributed by atoms with Gasteiger partial charge in [0, 0.05) is 32.6 Å². The number of aliphatic imine (C=N–C) groups is 1. The smallest absolute Gasteiger partial charge is 0.174 e. The van der Waals surface area contributed by atoms with Crippen LogP contribution in [0, 0.1) is 17.2 Å². The van der Waals surface area contributed by atoms with E-state index in [0.29, 0.717) is 19.8 Å². The third-order valence-corrected chi connectivity index (χ3v) is 4.05. The lowest BCUT2D eigenvalue weighted by atomic mass is 9.88. The van der Waals surface area contributed by atoms with Crippen molar-refractivity contribution >= 4 is 5.71 Å². The van der Waals surface area contributed by atoms with E-state index >= 15 is 0 Å². The van der Waals surface area contributed by atoms with E-state index in [1.54, 1.807) is 7.11 Å². The molecule has 6 heteroatoms. The van der Waals surface area contributed by atoms with E-state index in [-0.39, 0.29) is 6.61 Å². The maximum absolute atomic E-state index is 10.2. The van der Waals surface area contributed by atoms with Crippen LogP contribution in [0.5, 0.6) is 0 Å². The Morgan fingerprint density at radius 2 is 2.08 bits per heavy atom. The lowest BCUT2D eigenvalue weighted by molar-refractivity contribution is -0.126. The van der Waals surface area contributed by atoms with Crippen molar-refractivity contribution in [3.05, 3.63) is 11.6 Å². The van der Waals surface area contributed by atoms with Crippen LogP contribution >= 0.6 is 0 Å². The van der Waals surface area contributed by atoms with Crippen LogP contribution in [0.15, 0.2) is 16.6 Å². The lowest BCUT2D eigenvalue weighted by Gasteiger charge is -2.23. The standard InChI is InChI=1S/C19H32N2O4/c1-3-4-11-24-12-13-25-19(22)18(15-20)16-7-5-8-17(14-16)21-9-6-10-23-2/h14,18-19,22H,3-13H2,1-2H3. The molecule has 0 fully saturated rings. The number of rotatable bonds is 13. The van der Waals surface area contributed by atoms with Crippen LogP contribution in [0.25, 0.3) is 0 Å². The third-order valence-electron chi connectivity index (χ3n) is 4.05. The van der Waals surface area contributed by atoms with Crippen LogP contribution < -0.4 is 0 Å². The number of nitrogens with zero attached hydrogens (tertiary/aromatic N) is 2. The molecule has 1 N–H and O–H groups in total. The molecule has 0 aromatic carbocycles. The molecule has 0 amide bonds. The van der Waals surface area contributed by atoms with Crippen molar-refractivity contribution in [2.75, 3.05) is 40.1 Å². The summed E-state index contributed by atoms with van der Waals surface area (Å²) in [4.78, 5) is 4.56. The van der Waals surface area contributed by atoms with Gasteiger partial charge < -0.3 is 19.3 Å². The minimum Gasteiger partial charge on any atom is -0.385 e. The summed E-state index contributed by atoms with van der Waals surface area (Å²) in [5.41, 5.74) is 1.89. The molecule has 25 heavy (non-hydrogen) atoms. The number of hydrogen-bond donors (Lipinski definition) is 1. The van der Waals surface area contributed by atoms with Gasteiger partial charge in [-0.3, -0.25) is 4.99 Å². The van der Waals surface area contributed by atoms with Crippen LogP contribution in [0.2, 0.25) is 0 Å². The van der Waals surface area contributed by atoms with Crippen molar-refractivity contribution in [2.45, 2.75) is 51.7 Å². The molecule has 1 aliphatic carbocycles. The first-order chi connectivity index (χ1) is 12.2. The van der Waals surface area contributed by atoms with Gasteiger partial charge in [-0.2, -0.15) is 5.26 Å². The summed E-state index contributed by atoms with van der Waals surface area (Å²) >= 11 is 0. The van der Waals surface area contributed by atoms with Gasteiger partial charge >= 0.3 is 0 Å². The van der Waals surface area contributed by atoms with Crippen molar-refractivity contribution in [1.82, 2.24) is 0 Å². The maximum Gasteiger partial charge on any atom is 0.174 e. The SMILES string of the molecule is CCCCOCCOC(O)C(C#N)C1=CC(=NCCCOC)CCC1. The van der Waals surface area contributed by atoms with E-state index in [4.69, 9.17) is 14.2 Å². The Morgan fingerprint density at radius 1 is 1.24 bits per heavy atom. The largest absolute Gasteiger partial charge is 0.385 e. The number of allylic oxidation sites excluding steroid dienone is 1. The second kappa shape index (κ2) is 14.0. The van der Waals surface area contributed by atoms with Crippen LogP contribution in [0.1, 0.15) is 45.4 Å². The zero-order chi connectivity index (χ0) is 18.3. The zero-order valence-electron chi connectivity index (χ0n) is 15.6. The van der Waals surface area contributed by atoms with Crippen LogP contribution in [-0.2, 0) is 14.2 Å². The van der Waals surface area contributed by atoms with E-state index in [1.807, 2.05) is 6.08 Å². The number of aliphatic hydroxyl groups is 1. The van der Waals surface area contributed by atoms with Gasteiger partial charge in [-0.15, -0.1) is 0 Å². The van der Waals surface area contributed by atoms with E-state index in [0.717, 1.165) is 56.4 Å². The number of hydrogen-bond acceptors (Lipinski definition) is 6. The highest BCUT2D eigenvalue weighted by atomic mass is 16.6. The van der Waals surface area contributed by atoms with E-state index in [9.17, 15) is 10.4 Å². The maximum atomic E-state index is 10.2. The molecule has 0 heterocycles. The monoisotopic (exact) mass is 352 g/mol. The van der Waals surface area contributed by atoms with Gasteiger partial charge in [0.25, 0.3) is 0 Å². The van der Waals surface area contributed by atoms with Crippen molar-refractivity contribution in [3.8, 4) is 6.07 Å². The van der Waals surface area contributed by atoms with Crippen molar-refractivity contribution in [1.29, 1.82) is 5.26 Å². The fourth-order valence-electron chi connectivity index (χ4n) is 2.64. The number of methoxy groups -OCH3 is 1. The Hall–Kier alpha value is -1.26. The van der Waals surface area contributed by atoms with Gasteiger partial charge in [0.1, 0.15) is 5.92 Å². The highest BCUT2D eigenvalue weighted by Gasteiger charge is 2.25. The van der Waals surface area contributed by atoms with Crippen molar-refractivity contribution in [3.63, 3.8) is 0 Å². The molecule has 0 saturated heterocycles. The van der Waals surface area contributed by atoms with E-state index in [1.165, 1.54) is 0 Å². The molecule has 1 rings (SSSR count). The van der Waals surface area contributed by atoms with Gasteiger partial charge in [0.15, 0.2) is 6.29 Å². The van der Waals surface area contributed by atoms with Crippen LogP contribution in [-0.4, -0.2) is 57.2 Å². The van der Waals surface area contributed by atoms with Gasteiger partial charge in [-0.1, -0.05) is 13.3 Å². The minimum absolute atomic E-state index is 0.286. The molecule has 2 atom stereocenters. The summed E-state index contributed by atoms with van der Waals surface area (Å²) < 4.78 is 15.8. The van der Waals surface area contributed by atoms with Gasteiger partial charge in [0.05, 0.1) is 19.3 Å². The topological polar surface area (TPSA) is 84.1 Å². The van der Waals surface area contributed by atoms with Gasteiger partial charge in [0.2, 0.25) is 0 Å². The summed E-state index contributed by atoms with van der Waals surface area (Å²) in [6.07, 6.45) is 6.47. The molecule has 0 aliphatic heterocycles. The molecule has 142 valence electrons. The average molecular weight is 352 g/mol. The minimum atomic E-state index is -1.13. The fourth-order valence-corrected chi connectivity index (χ4v) is 2.64. The van der Waals surface area contributed by atoms with Gasteiger partial charge in [-0.05, 0) is 43.8 Å². The first-order valence-electron chi connectivity index (χ1n) is 9.22. The van der Waals surface area contributed by atoms with E-state index < -0.39 is 12.2 Å². The highest BCUT2D eigenvalue weighted by molar-refractivity contribution is 5.96. The molecule has 0 aromatic rings. The molecule has 6 nitrogen and oxygen atoms in total. The molecule has 0 aromatic heterocycles. The number of aliphatic hydroxyl groups excluding tert-OH is 1. The molecule has 0 saturated carbocycles. The first kappa shape index (κ1) is 21.8. The summed E-state index contributed by atoms with van der Waals surface area (Å²) in [5.74, 6) is -0.653. The zero-order valence-corrected chi connectivity index (χ0v) is 15.6. The van der Waals surface area contributed by atoms with E-state index in [2.05, 4.69) is 18.0 Å². The molecule has 2 unspecified atom stereocenters. The van der Waals surface area contributed by atoms with Crippen LogP contribution in [0.4, 0.5) is 0 Å². The first-order valence-corrected chi connectivity index (χ1v) is 9.22. The van der Waals surface area contributed by atoms with Crippen molar-refractivity contribution in [2.24, 2.45) is 10.9 Å². The molecule has 0 spiro atoms. The molecule has 0 radical (unpaired) electrons. The van der Waals surface area contributed by atoms with Gasteiger partial charge in [-0.25, -0.2) is 0 Å². The second-order valence-electron chi connectivity index (χ2n) is 6.13. The predicted molar refractivity (Wildman–Crippen MR) is 97.5 cm³/mol. The lowest BCUT2D eigenvalue weighted by Crippen LogP contribution is -2.27. The summed E-state index contributed by atoms with van der Waals surface area (Å²) in [6.45, 7) is 4.94. The Kier molecular flexibility index (Phi) is 12.2. The fraction of sp³-hybridized carbons (Fsp3) is 0.789. The quantitative estimate of drug-likeness (QED) is 0.407. The Labute approximate surface area is 151 Å². The summed E-state index contributed by atoms with van der Waals surface area (Å²) in [7, 11) is 1.68. The molecule has 1 aliphatic rings. The molecule has 0 bridgehead atoms. The average Bonchev–Trinajstić information content (AvgIpc) is 2.63.